The van der Waals surface area contributed by atoms with Crippen LogP contribution in [0.4, 0.5) is 0 Å². The number of hydrogen-bond acceptors (Lipinski definition) is 2. The first kappa shape index (κ1) is 11.0. The van der Waals surface area contributed by atoms with Gasteiger partial charge in [-0.05, 0) is 19.9 Å². The van der Waals surface area contributed by atoms with E-state index in [4.69, 9.17) is 5.11 Å². The topological polar surface area (TPSA) is 40.5 Å². The molecule has 0 saturated carbocycles. The first-order chi connectivity index (χ1) is 5.70. The SMILES string of the molecule is CC#CCN(CCC)CC(=O)O. The Bertz CT molecular complexity index is 190. The molecule has 0 radical (unpaired) electrons. The molecule has 0 aliphatic carbocycles. The number of rotatable bonds is 5. The molecule has 0 aromatic carbocycles. The van der Waals surface area contributed by atoms with E-state index in [2.05, 4.69) is 11.8 Å². The third kappa shape index (κ3) is 5.75. The van der Waals surface area contributed by atoms with Crippen LogP contribution in [0.3, 0.4) is 0 Å². The van der Waals surface area contributed by atoms with Gasteiger partial charge in [-0.2, -0.15) is 0 Å². The van der Waals surface area contributed by atoms with Gasteiger partial charge in [-0.1, -0.05) is 12.8 Å². The molecule has 0 unspecified atom stereocenters. The highest BCUT2D eigenvalue weighted by Crippen LogP contribution is 1.89. The number of hydrogen-bond donors (Lipinski definition) is 1. The lowest BCUT2D eigenvalue weighted by atomic mass is 10.4. The number of aliphatic carboxylic acids is 1. The van der Waals surface area contributed by atoms with E-state index in [1.807, 2.05) is 11.8 Å². The maximum Gasteiger partial charge on any atom is 0.317 e. The molecular formula is C9H15NO2. The first-order valence-electron chi connectivity index (χ1n) is 4.04. The molecule has 0 aromatic rings. The van der Waals surface area contributed by atoms with Gasteiger partial charge >= 0.3 is 5.97 Å². The van der Waals surface area contributed by atoms with E-state index in [1.54, 1.807) is 6.92 Å². The van der Waals surface area contributed by atoms with Crippen LogP contribution in [0, 0.1) is 11.8 Å². The average molecular weight is 169 g/mol. The number of nitrogens with zero attached hydrogens (tertiary/aromatic N) is 1. The van der Waals surface area contributed by atoms with Gasteiger partial charge in [-0.25, -0.2) is 0 Å². The van der Waals surface area contributed by atoms with Gasteiger partial charge in [0.15, 0.2) is 0 Å². The van der Waals surface area contributed by atoms with Crippen LogP contribution in [0.2, 0.25) is 0 Å². The summed E-state index contributed by atoms with van der Waals surface area (Å²) >= 11 is 0. The minimum Gasteiger partial charge on any atom is -0.480 e. The molecule has 0 saturated heterocycles. The second-order valence-corrected chi connectivity index (χ2v) is 2.53. The quantitative estimate of drug-likeness (QED) is 0.619. The molecule has 3 nitrogen and oxygen atoms in total. The fourth-order valence-electron chi connectivity index (χ4n) is 0.912. The van der Waals surface area contributed by atoms with Crippen LogP contribution in [0.5, 0.6) is 0 Å². The van der Waals surface area contributed by atoms with Crippen molar-refractivity contribution in [2.24, 2.45) is 0 Å². The summed E-state index contributed by atoms with van der Waals surface area (Å²) in [5.41, 5.74) is 0. The average Bonchev–Trinajstić information content (AvgIpc) is 2.00. The van der Waals surface area contributed by atoms with Crippen molar-refractivity contribution in [2.75, 3.05) is 19.6 Å². The second kappa shape index (κ2) is 6.68. The lowest BCUT2D eigenvalue weighted by molar-refractivity contribution is -0.138. The summed E-state index contributed by atoms with van der Waals surface area (Å²) in [6.07, 6.45) is 0.957. The Balaban J connectivity index is 3.82. The van der Waals surface area contributed by atoms with E-state index in [1.165, 1.54) is 0 Å². The summed E-state index contributed by atoms with van der Waals surface area (Å²) in [6.45, 7) is 5.21. The zero-order valence-electron chi connectivity index (χ0n) is 7.63. The molecule has 0 aromatic heterocycles. The number of carboxylic acids is 1. The molecule has 12 heavy (non-hydrogen) atoms. The van der Waals surface area contributed by atoms with Crippen LogP contribution >= 0.6 is 0 Å². The lowest BCUT2D eigenvalue weighted by Gasteiger charge is -2.15. The fraction of sp³-hybridized carbons (Fsp3) is 0.667. The Labute approximate surface area is 73.4 Å². The van der Waals surface area contributed by atoms with Gasteiger partial charge in [0.25, 0.3) is 0 Å². The minimum atomic E-state index is -0.790. The van der Waals surface area contributed by atoms with Gasteiger partial charge in [0.05, 0.1) is 13.1 Å². The van der Waals surface area contributed by atoms with E-state index < -0.39 is 5.97 Å². The highest BCUT2D eigenvalue weighted by molar-refractivity contribution is 5.69. The molecule has 0 spiro atoms. The zero-order valence-corrected chi connectivity index (χ0v) is 7.63. The van der Waals surface area contributed by atoms with Crippen molar-refractivity contribution in [3.63, 3.8) is 0 Å². The van der Waals surface area contributed by atoms with E-state index in [-0.39, 0.29) is 6.54 Å². The standard InChI is InChI=1S/C9H15NO2/c1-3-5-7-10(6-4-2)8-9(11)12/h4,6-8H2,1-2H3,(H,11,12). The molecular weight excluding hydrogens is 154 g/mol. The smallest absolute Gasteiger partial charge is 0.317 e. The van der Waals surface area contributed by atoms with Crippen LogP contribution in [0.1, 0.15) is 20.3 Å². The van der Waals surface area contributed by atoms with Crippen LogP contribution in [-0.4, -0.2) is 35.6 Å². The fourth-order valence-corrected chi connectivity index (χ4v) is 0.912. The molecule has 0 fully saturated rings. The number of carbonyl (C=O) groups is 1. The predicted octanol–water partition coefficient (Wildman–Crippen LogP) is 0.806. The maximum atomic E-state index is 10.4. The van der Waals surface area contributed by atoms with Crippen molar-refractivity contribution in [1.29, 1.82) is 0 Å². The normalized spacial score (nSPS) is 9.25. The van der Waals surface area contributed by atoms with E-state index in [9.17, 15) is 4.79 Å². The van der Waals surface area contributed by atoms with Gasteiger partial charge < -0.3 is 5.11 Å². The van der Waals surface area contributed by atoms with Crippen molar-refractivity contribution in [1.82, 2.24) is 4.90 Å². The molecule has 0 aliphatic rings. The minimum absolute atomic E-state index is 0.0858. The summed E-state index contributed by atoms with van der Waals surface area (Å²) in [4.78, 5) is 12.2. The Hall–Kier alpha value is -1.01. The van der Waals surface area contributed by atoms with E-state index >= 15 is 0 Å². The summed E-state index contributed by atoms with van der Waals surface area (Å²) in [5, 5.41) is 8.52. The van der Waals surface area contributed by atoms with E-state index in [0.717, 1.165) is 13.0 Å². The van der Waals surface area contributed by atoms with Crippen molar-refractivity contribution < 1.29 is 9.90 Å². The maximum absolute atomic E-state index is 10.4. The molecule has 0 bridgehead atoms. The molecule has 0 rings (SSSR count). The molecule has 3 heteroatoms. The Morgan fingerprint density at radius 1 is 1.58 bits per heavy atom. The highest BCUT2D eigenvalue weighted by atomic mass is 16.4. The van der Waals surface area contributed by atoms with Gasteiger partial charge in [0.2, 0.25) is 0 Å². The second-order valence-electron chi connectivity index (χ2n) is 2.53. The van der Waals surface area contributed by atoms with Crippen molar-refractivity contribution in [2.45, 2.75) is 20.3 Å². The zero-order chi connectivity index (χ0) is 9.40. The number of carboxylic acid groups (broad SMARTS) is 1. The molecule has 0 amide bonds. The Kier molecular flexibility index (Phi) is 6.12. The van der Waals surface area contributed by atoms with Gasteiger partial charge in [-0.15, -0.1) is 5.92 Å². The van der Waals surface area contributed by atoms with Crippen LogP contribution in [0.15, 0.2) is 0 Å². The van der Waals surface area contributed by atoms with Crippen LogP contribution < -0.4 is 0 Å². The molecule has 0 heterocycles. The molecule has 68 valence electrons. The largest absolute Gasteiger partial charge is 0.480 e. The monoisotopic (exact) mass is 169 g/mol. The summed E-state index contributed by atoms with van der Waals surface area (Å²) in [6, 6.07) is 0. The predicted molar refractivity (Wildman–Crippen MR) is 47.8 cm³/mol. The van der Waals surface area contributed by atoms with E-state index in [0.29, 0.717) is 6.54 Å². The Morgan fingerprint density at radius 2 is 2.25 bits per heavy atom. The molecule has 1 N–H and O–H groups in total. The van der Waals surface area contributed by atoms with Gasteiger partial charge in [0, 0.05) is 0 Å². The van der Waals surface area contributed by atoms with Crippen LogP contribution in [0.25, 0.3) is 0 Å². The summed E-state index contributed by atoms with van der Waals surface area (Å²) in [7, 11) is 0. The molecule has 0 atom stereocenters. The third-order valence-corrected chi connectivity index (χ3v) is 1.38. The molecule has 0 aliphatic heterocycles. The van der Waals surface area contributed by atoms with Crippen molar-refractivity contribution in [3.8, 4) is 11.8 Å². The van der Waals surface area contributed by atoms with Crippen molar-refractivity contribution in [3.05, 3.63) is 0 Å². The van der Waals surface area contributed by atoms with Gasteiger partial charge in [-0.3, -0.25) is 9.69 Å². The third-order valence-electron chi connectivity index (χ3n) is 1.38. The van der Waals surface area contributed by atoms with Crippen molar-refractivity contribution >= 4 is 5.97 Å². The summed E-state index contributed by atoms with van der Waals surface area (Å²) in [5.74, 6) is 4.81. The van der Waals surface area contributed by atoms with Crippen LogP contribution in [-0.2, 0) is 4.79 Å². The lowest BCUT2D eigenvalue weighted by Crippen LogP contribution is -2.30. The Morgan fingerprint density at radius 3 is 2.67 bits per heavy atom. The van der Waals surface area contributed by atoms with Gasteiger partial charge in [0.1, 0.15) is 0 Å². The summed E-state index contributed by atoms with van der Waals surface area (Å²) < 4.78 is 0. The highest BCUT2D eigenvalue weighted by Gasteiger charge is 2.05. The first-order valence-corrected chi connectivity index (χ1v) is 4.04.